The van der Waals surface area contributed by atoms with Gasteiger partial charge in [0.1, 0.15) is 0 Å². The molecule has 0 radical (unpaired) electrons. The van der Waals surface area contributed by atoms with Crippen LogP contribution >= 0.6 is 0 Å². The fourth-order valence-corrected chi connectivity index (χ4v) is 1.73. The van der Waals surface area contributed by atoms with Crippen molar-refractivity contribution in [3.05, 3.63) is 0 Å². The monoisotopic (exact) mass is 240 g/mol. The van der Waals surface area contributed by atoms with Crippen molar-refractivity contribution in [1.29, 1.82) is 0 Å². The summed E-state index contributed by atoms with van der Waals surface area (Å²) in [4.78, 5) is 37.8. The molecule has 6 nitrogen and oxygen atoms in total. The van der Waals surface area contributed by atoms with Crippen molar-refractivity contribution in [3.8, 4) is 0 Å². The second-order valence-corrected chi connectivity index (χ2v) is 3.67. The van der Waals surface area contributed by atoms with Gasteiger partial charge in [-0.3, -0.25) is 4.79 Å². The highest BCUT2D eigenvalue weighted by atomic mass is 16.4. The fourth-order valence-electron chi connectivity index (χ4n) is 1.73. The maximum Gasteiger partial charge on any atom is 0.303 e. The zero-order valence-corrected chi connectivity index (χ0v) is 9.76. The molecule has 0 saturated carbocycles. The smallest absolute Gasteiger partial charge is 0.303 e. The third-order valence-electron chi connectivity index (χ3n) is 2.53. The van der Waals surface area contributed by atoms with Crippen LogP contribution in [0.25, 0.3) is 0 Å². The van der Waals surface area contributed by atoms with Crippen molar-refractivity contribution in [2.75, 3.05) is 6.54 Å². The van der Waals surface area contributed by atoms with Gasteiger partial charge in [0.05, 0.1) is 19.0 Å². The quantitative estimate of drug-likeness (QED) is 0.373. The maximum absolute atomic E-state index is 10.7. The zero-order chi connectivity index (χ0) is 13.1. The first kappa shape index (κ1) is 15.2. The summed E-state index contributed by atoms with van der Waals surface area (Å²) in [5.74, 6) is -1.14. The van der Waals surface area contributed by atoms with E-state index in [-0.39, 0.29) is 18.4 Å². The largest absolute Gasteiger partial charge is 0.481 e. The van der Waals surface area contributed by atoms with Crippen LogP contribution < -0.4 is 0 Å². The van der Waals surface area contributed by atoms with Crippen molar-refractivity contribution >= 4 is 18.1 Å². The lowest BCUT2D eigenvalue weighted by Gasteiger charge is -2.19. The van der Waals surface area contributed by atoms with Crippen LogP contribution in [-0.4, -0.2) is 35.8 Å². The summed E-state index contributed by atoms with van der Waals surface area (Å²) in [6, 6.07) is -0.330. The van der Waals surface area contributed by atoms with Crippen LogP contribution in [0.4, 0.5) is 0 Å². The molecule has 0 aliphatic carbocycles. The molecule has 0 amide bonds. The van der Waals surface area contributed by atoms with E-state index in [0.717, 1.165) is 0 Å². The number of aliphatic carboxylic acids is 1. The number of hydrogen-bond donors (Lipinski definition) is 1. The molecule has 0 heterocycles. The van der Waals surface area contributed by atoms with E-state index in [2.05, 4.69) is 9.98 Å². The third kappa shape index (κ3) is 7.17. The Labute approximate surface area is 99.5 Å². The second kappa shape index (κ2) is 9.46. The Balaban J connectivity index is 4.43. The standard InChI is InChI=1S/C11H16N2O4/c1-2-10(13-8-15)9(6-11(16)17)4-3-5-12-7-14/h9-10H,2-6H2,1H3,(H,16,17). The van der Waals surface area contributed by atoms with Crippen molar-refractivity contribution < 1.29 is 19.5 Å². The number of carbonyl (C=O) groups excluding carboxylic acids is 2. The van der Waals surface area contributed by atoms with Crippen LogP contribution in [0.5, 0.6) is 0 Å². The molecule has 0 rings (SSSR count). The van der Waals surface area contributed by atoms with Crippen molar-refractivity contribution in [2.24, 2.45) is 15.9 Å². The number of rotatable bonds is 9. The van der Waals surface area contributed by atoms with E-state index in [1.54, 1.807) is 0 Å². The molecule has 0 spiro atoms. The fraction of sp³-hybridized carbons (Fsp3) is 0.727. The highest BCUT2D eigenvalue weighted by Gasteiger charge is 2.21. The van der Waals surface area contributed by atoms with E-state index in [0.29, 0.717) is 25.8 Å². The van der Waals surface area contributed by atoms with Crippen LogP contribution in [-0.2, 0) is 14.4 Å². The van der Waals surface area contributed by atoms with Gasteiger partial charge in [0.25, 0.3) is 0 Å². The van der Waals surface area contributed by atoms with Crippen LogP contribution in [0.15, 0.2) is 9.98 Å². The SMILES string of the molecule is CCC(N=C=O)C(CCCN=C=O)CC(=O)O. The van der Waals surface area contributed by atoms with E-state index in [4.69, 9.17) is 5.11 Å². The molecule has 0 aliphatic heterocycles. The van der Waals surface area contributed by atoms with Gasteiger partial charge in [0, 0.05) is 0 Å². The summed E-state index contributed by atoms with van der Waals surface area (Å²) in [5, 5.41) is 8.77. The normalized spacial score (nSPS) is 13.0. The number of carboxylic acids is 1. The van der Waals surface area contributed by atoms with Crippen LogP contribution in [0.1, 0.15) is 32.6 Å². The average Bonchev–Trinajstić information content (AvgIpc) is 2.29. The van der Waals surface area contributed by atoms with Crippen LogP contribution in [0.2, 0.25) is 0 Å². The summed E-state index contributed by atoms with van der Waals surface area (Å²) in [7, 11) is 0. The highest BCUT2D eigenvalue weighted by Crippen LogP contribution is 2.21. The van der Waals surface area contributed by atoms with Gasteiger partial charge in [-0.05, 0) is 25.2 Å². The van der Waals surface area contributed by atoms with Gasteiger partial charge in [-0.1, -0.05) is 6.92 Å². The minimum Gasteiger partial charge on any atom is -0.481 e. The lowest BCUT2D eigenvalue weighted by atomic mass is 9.90. The Morgan fingerprint density at radius 2 is 2.06 bits per heavy atom. The topological polar surface area (TPSA) is 96.2 Å². The van der Waals surface area contributed by atoms with Crippen molar-refractivity contribution in [2.45, 2.75) is 38.6 Å². The summed E-state index contributed by atoms with van der Waals surface area (Å²) < 4.78 is 0. The maximum atomic E-state index is 10.7. The molecular formula is C11H16N2O4. The first-order valence-corrected chi connectivity index (χ1v) is 5.48. The third-order valence-corrected chi connectivity index (χ3v) is 2.53. The van der Waals surface area contributed by atoms with Crippen molar-refractivity contribution in [1.82, 2.24) is 0 Å². The number of nitrogens with zero attached hydrogens (tertiary/aromatic N) is 2. The molecule has 0 aliphatic rings. The van der Waals surface area contributed by atoms with Gasteiger partial charge >= 0.3 is 5.97 Å². The predicted octanol–water partition coefficient (Wildman–Crippen LogP) is 1.31. The van der Waals surface area contributed by atoms with Gasteiger partial charge in [0.2, 0.25) is 12.2 Å². The van der Waals surface area contributed by atoms with Crippen LogP contribution in [0, 0.1) is 5.92 Å². The molecule has 0 saturated heterocycles. The van der Waals surface area contributed by atoms with Crippen LogP contribution in [0.3, 0.4) is 0 Å². The van der Waals surface area contributed by atoms with E-state index < -0.39 is 5.97 Å². The summed E-state index contributed by atoms with van der Waals surface area (Å²) >= 11 is 0. The molecule has 0 aromatic heterocycles. The van der Waals surface area contributed by atoms with E-state index >= 15 is 0 Å². The second-order valence-electron chi connectivity index (χ2n) is 3.67. The van der Waals surface area contributed by atoms with Gasteiger partial charge in [0.15, 0.2) is 0 Å². The van der Waals surface area contributed by atoms with E-state index in [9.17, 15) is 14.4 Å². The molecule has 2 unspecified atom stereocenters. The van der Waals surface area contributed by atoms with E-state index in [1.165, 1.54) is 12.2 Å². The highest BCUT2D eigenvalue weighted by molar-refractivity contribution is 5.67. The molecule has 0 aromatic rings. The first-order valence-electron chi connectivity index (χ1n) is 5.48. The number of hydrogen-bond acceptors (Lipinski definition) is 5. The first-order chi connectivity index (χ1) is 8.15. The summed E-state index contributed by atoms with van der Waals surface area (Å²) in [5.41, 5.74) is 0. The number of carboxylic acid groups (broad SMARTS) is 1. The molecule has 17 heavy (non-hydrogen) atoms. The average molecular weight is 240 g/mol. The molecule has 2 atom stereocenters. The van der Waals surface area contributed by atoms with Gasteiger partial charge in [-0.2, -0.15) is 0 Å². The Morgan fingerprint density at radius 3 is 2.53 bits per heavy atom. The van der Waals surface area contributed by atoms with Gasteiger partial charge < -0.3 is 5.11 Å². The molecule has 0 fully saturated rings. The van der Waals surface area contributed by atoms with E-state index in [1.807, 2.05) is 6.92 Å². The molecule has 0 bridgehead atoms. The molecule has 0 aromatic carbocycles. The minimum absolute atomic E-state index is 0.0471. The lowest BCUT2D eigenvalue weighted by molar-refractivity contribution is -0.138. The molecule has 94 valence electrons. The Bertz CT molecular complexity index is 330. The number of aliphatic imine (C=N–C) groups is 2. The van der Waals surface area contributed by atoms with Gasteiger partial charge in [-0.25, -0.2) is 19.6 Å². The lowest BCUT2D eigenvalue weighted by Crippen LogP contribution is -2.21. The zero-order valence-electron chi connectivity index (χ0n) is 9.76. The Kier molecular flexibility index (Phi) is 8.47. The molecular weight excluding hydrogens is 224 g/mol. The number of isocyanates is 2. The summed E-state index contributed by atoms with van der Waals surface area (Å²) in [6.07, 6.45) is 4.57. The molecule has 6 heteroatoms. The minimum atomic E-state index is -0.923. The number of carbonyl (C=O) groups is 1. The Hall–Kier alpha value is -1.77. The molecule has 1 N–H and O–H groups in total. The van der Waals surface area contributed by atoms with Crippen molar-refractivity contribution in [3.63, 3.8) is 0 Å². The predicted molar refractivity (Wildman–Crippen MR) is 60.2 cm³/mol. The Morgan fingerprint density at radius 1 is 1.35 bits per heavy atom. The summed E-state index contributed by atoms with van der Waals surface area (Å²) in [6.45, 7) is 2.16. The van der Waals surface area contributed by atoms with Gasteiger partial charge in [-0.15, -0.1) is 0 Å².